The molecule has 0 saturated carbocycles. The van der Waals surface area contributed by atoms with Gasteiger partial charge in [-0.15, -0.1) is 20.5 Å². The number of halogens is 2. The van der Waals surface area contributed by atoms with E-state index in [-0.39, 0.29) is 66.9 Å². The van der Waals surface area contributed by atoms with Crippen LogP contribution in [-0.2, 0) is 0 Å². The normalized spacial score (nSPS) is 6.32. The van der Waals surface area contributed by atoms with E-state index in [1.54, 1.807) is 0 Å². The molecule has 0 aromatic rings. The zero-order valence-electron chi connectivity index (χ0n) is 8.73. The van der Waals surface area contributed by atoms with Gasteiger partial charge in [-0.25, -0.2) is 37.3 Å². The predicted octanol–water partition coefficient (Wildman–Crippen LogP) is -16.5. The predicted molar refractivity (Wildman–Crippen MR) is 34.7 cm³/mol. The van der Waals surface area contributed by atoms with E-state index in [9.17, 15) is 0 Å². The second kappa shape index (κ2) is 36.3. The SMILES string of the molecule is O.O.O.O.O.O.O.O.[Mg+2].[O-][Cl+3]([O-])([O-])[O-].[O-][Cl+3]([O-])([O-])[O-]. The Labute approximate surface area is 125 Å². The molecule has 0 saturated heterocycles. The third-order valence-corrected chi connectivity index (χ3v) is 0. The monoisotopic (exact) mass is 366 g/mol. The fraction of sp³-hybridized carbons (Fsp3) is 0. The average molecular weight is 367 g/mol. The fourth-order valence-electron chi connectivity index (χ4n) is 0. The molecule has 0 aromatic heterocycles. The fourth-order valence-corrected chi connectivity index (χ4v) is 0. The van der Waals surface area contributed by atoms with Crippen LogP contribution in [-0.4, -0.2) is 66.9 Å². The summed E-state index contributed by atoms with van der Waals surface area (Å²) in [6.45, 7) is 0. The second-order valence-corrected chi connectivity index (χ2v) is 2.27. The summed E-state index contributed by atoms with van der Waals surface area (Å²) in [5.41, 5.74) is 0. The number of hydrogen-bond acceptors (Lipinski definition) is 8. The second-order valence-electron chi connectivity index (χ2n) is 0.756. The van der Waals surface area contributed by atoms with Gasteiger partial charge in [-0.2, -0.15) is 0 Å². The molecular formula is H16Cl2MgO16. The molecule has 0 atom stereocenters. The van der Waals surface area contributed by atoms with Gasteiger partial charge in [-0.05, 0) is 0 Å². The quantitative estimate of drug-likeness (QED) is 0.368. The Balaban J connectivity index is -0.00000000508. The van der Waals surface area contributed by atoms with Crippen molar-refractivity contribution in [3.8, 4) is 0 Å². The first-order valence-corrected chi connectivity index (χ1v) is 3.70. The largest absolute Gasteiger partial charge is 2.00 e. The molecule has 0 fully saturated rings. The Morgan fingerprint density at radius 3 is 0.316 bits per heavy atom. The molecule has 0 spiro atoms. The zero-order chi connectivity index (χ0) is 9.00. The molecule has 0 aromatic carbocycles. The van der Waals surface area contributed by atoms with E-state index < -0.39 is 20.5 Å². The van der Waals surface area contributed by atoms with E-state index in [1.165, 1.54) is 0 Å². The van der Waals surface area contributed by atoms with Crippen molar-refractivity contribution in [1.82, 2.24) is 0 Å². The minimum absolute atomic E-state index is 0. The Kier molecular flexibility index (Phi) is 174. The maximum absolute atomic E-state index is 8.49. The van der Waals surface area contributed by atoms with Crippen LogP contribution in [0.1, 0.15) is 0 Å². The summed E-state index contributed by atoms with van der Waals surface area (Å²) >= 11 is 0. The molecule has 0 unspecified atom stereocenters. The van der Waals surface area contributed by atoms with Crippen molar-refractivity contribution in [2.45, 2.75) is 0 Å². The Morgan fingerprint density at radius 2 is 0.316 bits per heavy atom. The summed E-state index contributed by atoms with van der Waals surface area (Å²) in [4.78, 5) is 0. The van der Waals surface area contributed by atoms with Crippen LogP contribution in [0.4, 0.5) is 0 Å². The molecule has 128 valence electrons. The van der Waals surface area contributed by atoms with Crippen LogP contribution in [0.5, 0.6) is 0 Å². The molecule has 16 N–H and O–H groups in total. The van der Waals surface area contributed by atoms with Crippen molar-refractivity contribution in [3.63, 3.8) is 0 Å². The molecule has 0 aliphatic rings. The van der Waals surface area contributed by atoms with E-state index in [0.29, 0.717) is 0 Å². The van der Waals surface area contributed by atoms with Gasteiger partial charge < -0.3 is 43.8 Å². The van der Waals surface area contributed by atoms with Crippen LogP contribution in [0.2, 0.25) is 0 Å². The first-order valence-electron chi connectivity index (χ1n) is 1.23. The van der Waals surface area contributed by atoms with Crippen LogP contribution in [0, 0.1) is 20.5 Å². The number of hydrogen-bond donors (Lipinski definition) is 0. The van der Waals surface area contributed by atoms with Crippen molar-refractivity contribution >= 4 is 23.1 Å². The molecule has 0 amide bonds. The molecule has 0 rings (SSSR count). The minimum atomic E-state index is -4.94. The Hall–Kier alpha value is 0.706. The van der Waals surface area contributed by atoms with Gasteiger partial charge in [0.2, 0.25) is 0 Å². The summed E-state index contributed by atoms with van der Waals surface area (Å²) < 4.78 is 67.9. The maximum Gasteiger partial charge on any atom is 2.00 e. The van der Waals surface area contributed by atoms with Crippen molar-refractivity contribution in [3.05, 3.63) is 0 Å². The Morgan fingerprint density at radius 1 is 0.316 bits per heavy atom. The molecule has 0 heterocycles. The van der Waals surface area contributed by atoms with Crippen molar-refractivity contribution < 1.29 is 102 Å². The zero-order valence-corrected chi connectivity index (χ0v) is 11.7. The number of rotatable bonds is 0. The van der Waals surface area contributed by atoms with Gasteiger partial charge in [0.1, 0.15) is 0 Å². The molecule has 0 radical (unpaired) electrons. The van der Waals surface area contributed by atoms with Crippen LogP contribution in [0.25, 0.3) is 0 Å². The minimum Gasteiger partial charge on any atom is -0.412 e. The third kappa shape index (κ3) is 10500. The van der Waals surface area contributed by atoms with Gasteiger partial charge in [0.05, 0.1) is 0 Å². The summed E-state index contributed by atoms with van der Waals surface area (Å²) in [7, 11) is -9.89. The van der Waals surface area contributed by atoms with Crippen LogP contribution >= 0.6 is 0 Å². The van der Waals surface area contributed by atoms with Crippen molar-refractivity contribution in [1.29, 1.82) is 0 Å². The summed E-state index contributed by atoms with van der Waals surface area (Å²) in [5, 5.41) is 0. The van der Waals surface area contributed by atoms with Crippen LogP contribution in [0.3, 0.4) is 0 Å². The summed E-state index contributed by atoms with van der Waals surface area (Å²) in [5.74, 6) is 0. The smallest absolute Gasteiger partial charge is 0.412 e. The van der Waals surface area contributed by atoms with Gasteiger partial charge in [0.15, 0.2) is 0 Å². The molecule has 0 aliphatic heterocycles. The van der Waals surface area contributed by atoms with E-state index in [0.717, 1.165) is 0 Å². The van der Waals surface area contributed by atoms with Gasteiger partial charge in [0.25, 0.3) is 0 Å². The van der Waals surface area contributed by atoms with Crippen LogP contribution in [0.15, 0.2) is 0 Å². The van der Waals surface area contributed by atoms with E-state index in [4.69, 9.17) is 37.3 Å². The molecular weight excluding hydrogens is 351 g/mol. The van der Waals surface area contributed by atoms with Gasteiger partial charge >= 0.3 is 23.1 Å². The molecule has 19 heteroatoms. The first-order chi connectivity index (χ1) is 4.00. The summed E-state index contributed by atoms with van der Waals surface area (Å²) in [6, 6.07) is 0. The van der Waals surface area contributed by atoms with Gasteiger partial charge in [0, 0.05) is 0 Å². The molecule has 19 heavy (non-hydrogen) atoms. The average Bonchev–Trinajstić information content (AvgIpc) is 1.12. The van der Waals surface area contributed by atoms with E-state index in [2.05, 4.69) is 0 Å². The molecule has 0 aliphatic carbocycles. The topological polar surface area (TPSA) is 436 Å². The van der Waals surface area contributed by atoms with Gasteiger partial charge in [-0.1, -0.05) is 0 Å². The molecule has 16 nitrogen and oxygen atoms in total. The first kappa shape index (κ1) is 91.0. The van der Waals surface area contributed by atoms with E-state index in [1.807, 2.05) is 0 Å². The van der Waals surface area contributed by atoms with Crippen molar-refractivity contribution in [2.75, 3.05) is 0 Å². The Bertz CT molecular complexity index is 57.7. The standard InChI is InChI=1S/2ClHO4.Mg.8H2O/c2*2-1(3,4)5;;;;;;;;;/h2*(H,2,3,4,5);;8*1H2/q;;+2;;;;;;;;/p-2. The van der Waals surface area contributed by atoms with Crippen molar-refractivity contribution in [2.24, 2.45) is 0 Å². The van der Waals surface area contributed by atoms with Crippen LogP contribution < -0.4 is 37.3 Å². The summed E-state index contributed by atoms with van der Waals surface area (Å²) in [6.07, 6.45) is 0. The van der Waals surface area contributed by atoms with E-state index >= 15 is 0 Å². The maximum atomic E-state index is 8.49. The van der Waals surface area contributed by atoms with Gasteiger partial charge in [-0.3, -0.25) is 0 Å². The molecule has 0 bridgehead atoms. The third-order valence-electron chi connectivity index (χ3n) is 0.